The molecular weight excluding hydrogens is 344 g/mol. The number of carbonyl (C=O) groups excluding carboxylic acids is 1. The number of Topliss-reactive ketones (excluding diaryl/α,β-unsaturated/α-hetero) is 1. The third kappa shape index (κ3) is 3.22. The lowest BCUT2D eigenvalue weighted by Crippen LogP contribution is -2.51. The van der Waals surface area contributed by atoms with Gasteiger partial charge in [-0.05, 0) is 11.1 Å². The molecule has 8 nitrogen and oxygen atoms in total. The average Bonchev–Trinajstić information content (AvgIpc) is 3.11. The molecule has 0 spiro atoms. The van der Waals surface area contributed by atoms with Crippen LogP contribution in [0.2, 0.25) is 0 Å². The van der Waals surface area contributed by atoms with Gasteiger partial charge in [0.2, 0.25) is 11.9 Å². The third-order valence-electron chi connectivity index (χ3n) is 5.18. The number of hydrogen-bond donors (Lipinski definition) is 1. The Morgan fingerprint density at radius 3 is 2.67 bits per heavy atom. The lowest BCUT2D eigenvalue weighted by Gasteiger charge is -2.34. The van der Waals surface area contributed by atoms with Crippen LogP contribution >= 0.6 is 0 Å². The summed E-state index contributed by atoms with van der Waals surface area (Å²) < 4.78 is 5.40. The van der Waals surface area contributed by atoms with E-state index in [-0.39, 0.29) is 5.78 Å². The van der Waals surface area contributed by atoms with Crippen LogP contribution in [-0.2, 0) is 16.1 Å². The van der Waals surface area contributed by atoms with Gasteiger partial charge in [-0.25, -0.2) is 10.0 Å². The molecule has 1 fully saturated rings. The van der Waals surface area contributed by atoms with E-state index in [4.69, 9.17) is 4.74 Å². The molecule has 0 aliphatic carbocycles. The van der Waals surface area contributed by atoms with E-state index in [0.29, 0.717) is 38.0 Å². The first kappa shape index (κ1) is 16.5. The predicted octanol–water partition coefficient (Wildman–Crippen LogP) is 0.203. The Morgan fingerprint density at radius 2 is 1.85 bits per heavy atom. The van der Waals surface area contributed by atoms with Gasteiger partial charge in [-0.2, -0.15) is 4.99 Å². The highest BCUT2D eigenvalue weighted by Crippen LogP contribution is 2.24. The summed E-state index contributed by atoms with van der Waals surface area (Å²) >= 11 is 0. The van der Waals surface area contributed by atoms with Gasteiger partial charge < -0.3 is 9.64 Å². The minimum absolute atomic E-state index is 0.0781. The molecule has 1 aromatic rings. The summed E-state index contributed by atoms with van der Waals surface area (Å²) in [5.74, 6) is 1.46. The topological polar surface area (TPSA) is 72.8 Å². The van der Waals surface area contributed by atoms with Gasteiger partial charge in [0, 0.05) is 26.2 Å². The smallest absolute Gasteiger partial charge is 0.248 e. The highest BCUT2D eigenvalue weighted by atomic mass is 16.5. The number of aliphatic imine (C=N–C) groups is 2. The summed E-state index contributed by atoms with van der Waals surface area (Å²) in [6, 6.07) is 10.3. The molecule has 5 rings (SSSR count). The van der Waals surface area contributed by atoms with Gasteiger partial charge in [-0.3, -0.25) is 15.1 Å². The number of benzene rings is 1. The Bertz CT molecular complexity index is 841. The number of nitrogens with zero attached hydrogens (tertiary/aromatic N) is 5. The number of rotatable bonds is 2. The molecule has 1 N–H and O–H groups in total. The van der Waals surface area contributed by atoms with E-state index in [9.17, 15) is 4.79 Å². The van der Waals surface area contributed by atoms with Gasteiger partial charge in [-0.15, -0.1) is 0 Å². The van der Waals surface area contributed by atoms with E-state index in [0.717, 1.165) is 37.7 Å². The summed E-state index contributed by atoms with van der Waals surface area (Å²) in [5, 5.41) is 1.93. The lowest BCUT2D eigenvalue weighted by molar-refractivity contribution is -0.117. The summed E-state index contributed by atoms with van der Waals surface area (Å²) in [7, 11) is 0. The van der Waals surface area contributed by atoms with E-state index in [1.165, 1.54) is 5.56 Å². The molecule has 1 aromatic carbocycles. The van der Waals surface area contributed by atoms with Crippen molar-refractivity contribution in [2.75, 3.05) is 45.9 Å². The zero-order valence-electron chi connectivity index (χ0n) is 15.1. The highest BCUT2D eigenvalue weighted by Gasteiger charge is 2.35. The zero-order valence-corrected chi connectivity index (χ0v) is 15.1. The lowest BCUT2D eigenvalue weighted by atomic mass is 10.0. The molecule has 0 saturated carbocycles. The van der Waals surface area contributed by atoms with Gasteiger partial charge in [0.15, 0.2) is 5.78 Å². The number of nitrogens with one attached hydrogen (secondary N) is 1. The predicted molar refractivity (Wildman–Crippen MR) is 101 cm³/mol. The van der Waals surface area contributed by atoms with Crippen LogP contribution in [0, 0.1) is 0 Å². The fourth-order valence-corrected chi connectivity index (χ4v) is 3.85. The number of fused-ring (bicyclic) bond motifs is 1. The number of hydrazine groups is 1. The molecule has 0 atom stereocenters. The van der Waals surface area contributed by atoms with Gasteiger partial charge in [-0.1, -0.05) is 30.3 Å². The van der Waals surface area contributed by atoms with Crippen LogP contribution in [-0.4, -0.2) is 78.4 Å². The van der Waals surface area contributed by atoms with Crippen molar-refractivity contribution in [2.45, 2.75) is 6.54 Å². The minimum atomic E-state index is 0.0781. The second-order valence-corrected chi connectivity index (χ2v) is 7.15. The average molecular weight is 366 g/mol. The maximum atomic E-state index is 12.7. The van der Waals surface area contributed by atoms with Crippen molar-refractivity contribution in [3.63, 3.8) is 0 Å². The Balaban J connectivity index is 1.33. The second kappa shape index (κ2) is 6.79. The zero-order chi connectivity index (χ0) is 18.2. The van der Waals surface area contributed by atoms with Crippen LogP contribution < -0.4 is 5.43 Å². The maximum absolute atomic E-state index is 12.7. The van der Waals surface area contributed by atoms with Gasteiger partial charge in [0.25, 0.3) is 0 Å². The molecule has 0 amide bonds. The van der Waals surface area contributed by atoms with Crippen molar-refractivity contribution < 1.29 is 9.53 Å². The van der Waals surface area contributed by atoms with Crippen molar-refractivity contribution in [3.8, 4) is 0 Å². The number of carbonyl (C=O) groups is 1. The van der Waals surface area contributed by atoms with E-state index in [2.05, 4.69) is 37.3 Å². The number of guanidine groups is 2. The van der Waals surface area contributed by atoms with Gasteiger partial charge >= 0.3 is 0 Å². The molecule has 140 valence electrons. The van der Waals surface area contributed by atoms with Crippen LogP contribution in [0.25, 0.3) is 0 Å². The molecule has 4 aliphatic heterocycles. The summed E-state index contributed by atoms with van der Waals surface area (Å²) in [4.78, 5) is 26.2. The standard InChI is InChI=1S/C19H22N6O2/c26-16-13-23(10-14-4-2-1-3-5-14)11-15-12-25-18(20-17(15)16)21-19(22-25)24-6-8-27-9-7-24/h1-5H,6-13H2,(H,20,21,22). The molecule has 8 heteroatoms. The van der Waals surface area contributed by atoms with Crippen molar-refractivity contribution in [1.29, 1.82) is 0 Å². The number of hydrogen-bond acceptors (Lipinski definition) is 8. The highest BCUT2D eigenvalue weighted by molar-refractivity contribution is 6.06. The van der Waals surface area contributed by atoms with E-state index >= 15 is 0 Å². The monoisotopic (exact) mass is 366 g/mol. The van der Waals surface area contributed by atoms with Crippen molar-refractivity contribution >= 4 is 17.7 Å². The molecule has 0 aromatic heterocycles. The summed E-state index contributed by atoms with van der Waals surface area (Å²) in [6.45, 7) is 5.57. The fourth-order valence-electron chi connectivity index (χ4n) is 3.85. The first-order valence-electron chi connectivity index (χ1n) is 9.32. The molecule has 0 radical (unpaired) electrons. The number of morpholine rings is 1. The summed E-state index contributed by atoms with van der Waals surface area (Å²) in [6.07, 6.45) is 0. The SMILES string of the molecule is O=C1CN(Cc2ccccc2)CC2=C1N=C1N=C(N3CCOCC3)NN1C2. The van der Waals surface area contributed by atoms with E-state index in [1.54, 1.807) is 0 Å². The molecule has 1 saturated heterocycles. The number of ether oxygens (including phenoxy) is 1. The molecule has 0 bridgehead atoms. The van der Waals surface area contributed by atoms with Crippen molar-refractivity contribution in [3.05, 3.63) is 47.2 Å². The van der Waals surface area contributed by atoms with E-state index < -0.39 is 0 Å². The van der Waals surface area contributed by atoms with Crippen molar-refractivity contribution in [1.82, 2.24) is 20.2 Å². The van der Waals surface area contributed by atoms with Crippen LogP contribution in [0.3, 0.4) is 0 Å². The van der Waals surface area contributed by atoms with Crippen molar-refractivity contribution in [2.24, 2.45) is 9.98 Å². The Morgan fingerprint density at radius 1 is 1.04 bits per heavy atom. The fraction of sp³-hybridized carbons (Fsp3) is 0.421. The quantitative estimate of drug-likeness (QED) is 0.806. The Kier molecular flexibility index (Phi) is 4.14. The van der Waals surface area contributed by atoms with Gasteiger partial charge in [0.1, 0.15) is 5.70 Å². The minimum Gasteiger partial charge on any atom is -0.378 e. The first-order valence-corrected chi connectivity index (χ1v) is 9.32. The van der Waals surface area contributed by atoms with Crippen LogP contribution in [0.15, 0.2) is 51.6 Å². The van der Waals surface area contributed by atoms with Crippen LogP contribution in [0.5, 0.6) is 0 Å². The van der Waals surface area contributed by atoms with Crippen LogP contribution in [0.1, 0.15) is 5.56 Å². The normalized spacial score (nSPS) is 22.9. The van der Waals surface area contributed by atoms with Gasteiger partial charge in [0.05, 0.1) is 26.3 Å². The largest absolute Gasteiger partial charge is 0.378 e. The third-order valence-corrected chi connectivity index (χ3v) is 5.18. The summed E-state index contributed by atoms with van der Waals surface area (Å²) in [5.41, 5.74) is 6.20. The molecule has 4 aliphatic rings. The van der Waals surface area contributed by atoms with Crippen LogP contribution in [0.4, 0.5) is 0 Å². The Hall–Kier alpha value is -2.71. The maximum Gasteiger partial charge on any atom is 0.248 e. The second-order valence-electron chi connectivity index (χ2n) is 7.15. The molecule has 0 unspecified atom stereocenters. The van der Waals surface area contributed by atoms with E-state index in [1.807, 2.05) is 23.2 Å². The molecular formula is C19H22N6O2. The Labute approximate surface area is 157 Å². The first-order chi connectivity index (χ1) is 13.3. The molecule has 4 heterocycles. The molecule has 27 heavy (non-hydrogen) atoms. The number of ketones is 1.